The Labute approximate surface area is 208 Å². The second-order valence-electron chi connectivity index (χ2n) is 7.86. The molecule has 4 rings (SSSR count). The first kappa shape index (κ1) is 25.2. The van der Waals surface area contributed by atoms with Gasteiger partial charge in [-0.25, -0.2) is 8.42 Å². The van der Waals surface area contributed by atoms with Gasteiger partial charge in [0.15, 0.2) is 11.0 Å². The number of carbonyl (C=O) groups is 1. The van der Waals surface area contributed by atoms with Gasteiger partial charge in [-0.1, -0.05) is 23.9 Å². The number of benzene rings is 2. The molecule has 1 N–H and O–H groups in total. The van der Waals surface area contributed by atoms with Crippen LogP contribution in [-0.4, -0.2) is 72.1 Å². The Bertz CT molecular complexity index is 1290. The fourth-order valence-electron chi connectivity index (χ4n) is 3.58. The number of sulfonamides is 1. The van der Waals surface area contributed by atoms with E-state index in [9.17, 15) is 13.2 Å². The van der Waals surface area contributed by atoms with E-state index in [1.54, 1.807) is 26.2 Å². The van der Waals surface area contributed by atoms with Crippen LogP contribution in [-0.2, 0) is 26.6 Å². The molecule has 1 amide bonds. The van der Waals surface area contributed by atoms with Crippen LogP contribution in [0.5, 0.6) is 5.75 Å². The zero-order chi connectivity index (χ0) is 25.0. The average Bonchev–Trinajstić information content (AvgIpc) is 3.24. The third kappa shape index (κ3) is 5.50. The van der Waals surface area contributed by atoms with Gasteiger partial charge >= 0.3 is 0 Å². The first-order valence-electron chi connectivity index (χ1n) is 11.0. The van der Waals surface area contributed by atoms with Crippen LogP contribution < -0.4 is 10.1 Å². The van der Waals surface area contributed by atoms with Crippen molar-refractivity contribution in [3.8, 4) is 17.1 Å². The summed E-state index contributed by atoms with van der Waals surface area (Å²) in [5.41, 5.74) is 1.32. The molecule has 1 atom stereocenters. The van der Waals surface area contributed by atoms with Crippen molar-refractivity contribution < 1.29 is 22.7 Å². The molecule has 0 aliphatic carbocycles. The normalized spacial score (nSPS) is 15.5. The number of nitrogens with one attached hydrogen (secondary N) is 1. The van der Waals surface area contributed by atoms with Crippen LogP contribution in [0, 0.1) is 0 Å². The third-order valence-corrected chi connectivity index (χ3v) is 8.61. The van der Waals surface area contributed by atoms with Gasteiger partial charge in [-0.05, 0) is 43.3 Å². The minimum atomic E-state index is -3.59. The Morgan fingerprint density at radius 1 is 1.11 bits per heavy atom. The highest BCUT2D eigenvalue weighted by Crippen LogP contribution is 2.31. The Balaban J connectivity index is 1.41. The predicted octanol–water partition coefficient (Wildman–Crippen LogP) is 2.63. The minimum absolute atomic E-state index is 0.183. The predicted molar refractivity (Wildman–Crippen MR) is 133 cm³/mol. The number of rotatable bonds is 8. The van der Waals surface area contributed by atoms with Crippen LogP contribution in [0.2, 0.25) is 0 Å². The van der Waals surface area contributed by atoms with Crippen LogP contribution in [0.4, 0.5) is 5.69 Å². The van der Waals surface area contributed by atoms with E-state index in [0.717, 1.165) is 5.56 Å². The molecule has 35 heavy (non-hydrogen) atoms. The maximum atomic E-state index is 12.8. The number of anilines is 1. The fourth-order valence-corrected chi connectivity index (χ4v) is 5.81. The van der Waals surface area contributed by atoms with E-state index in [1.165, 1.54) is 28.2 Å². The number of para-hydroxylation sites is 1. The number of aromatic nitrogens is 3. The molecule has 3 aromatic rings. The maximum absolute atomic E-state index is 12.8. The van der Waals surface area contributed by atoms with Crippen LogP contribution in [0.15, 0.2) is 58.6 Å². The summed E-state index contributed by atoms with van der Waals surface area (Å²) < 4.78 is 39.4. The highest BCUT2D eigenvalue weighted by Gasteiger charge is 2.26. The van der Waals surface area contributed by atoms with Gasteiger partial charge < -0.3 is 19.4 Å². The lowest BCUT2D eigenvalue weighted by molar-refractivity contribution is -0.115. The molecule has 2 aromatic carbocycles. The highest BCUT2D eigenvalue weighted by molar-refractivity contribution is 8.00. The molecule has 0 radical (unpaired) electrons. The topological polar surface area (TPSA) is 116 Å². The molecule has 1 saturated heterocycles. The van der Waals surface area contributed by atoms with E-state index in [-0.39, 0.29) is 10.8 Å². The summed E-state index contributed by atoms with van der Waals surface area (Å²) in [6.07, 6.45) is 0. The van der Waals surface area contributed by atoms with Gasteiger partial charge in [-0.2, -0.15) is 4.31 Å². The van der Waals surface area contributed by atoms with Gasteiger partial charge in [0, 0.05) is 25.8 Å². The number of ether oxygens (including phenoxy) is 2. The van der Waals surface area contributed by atoms with Gasteiger partial charge in [0.25, 0.3) is 0 Å². The van der Waals surface area contributed by atoms with E-state index >= 15 is 0 Å². The number of hydrogen-bond donors (Lipinski definition) is 1. The minimum Gasteiger partial charge on any atom is -0.496 e. The standard InChI is InChI=1S/C23H27N5O5S2/c1-16(34-23-26-25-21(27(23)2)19-6-4-5-7-20(19)32-3)22(29)24-17-8-10-18(11-9-17)35(30,31)28-12-14-33-15-13-28/h4-11,16H,12-15H2,1-3H3,(H,24,29). The molecular formula is C23H27N5O5S2. The smallest absolute Gasteiger partial charge is 0.243 e. The first-order chi connectivity index (χ1) is 16.8. The van der Waals surface area contributed by atoms with Crippen molar-refractivity contribution in [2.45, 2.75) is 22.2 Å². The summed E-state index contributed by atoms with van der Waals surface area (Å²) >= 11 is 1.27. The second-order valence-corrected chi connectivity index (χ2v) is 11.1. The molecule has 0 saturated carbocycles. The molecule has 1 aromatic heterocycles. The number of hydrogen-bond acceptors (Lipinski definition) is 8. The van der Waals surface area contributed by atoms with Crippen LogP contribution in [0.25, 0.3) is 11.4 Å². The van der Waals surface area contributed by atoms with Gasteiger partial charge in [0.2, 0.25) is 15.9 Å². The Morgan fingerprint density at radius 2 is 1.80 bits per heavy atom. The summed E-state index contributed by atoms with van der Waals surface area (Å²) in [4.78, 5) is 13.0. The Morgan fingerprint density at radius 3 is 2.49 bits per heavy atom. The monoisotopic (exact) mass is 517 g/mol. The second kappa shape index (κ2) is 10.8. The fraction of sp³-hybridized carbons (Fsp3) is 0.348. The van der Waals surface area contributed by atoms with E-state index in [2.05, 4.69) is 15.5 Å². The van der Waals surface area contributed by atoms with Gasteiger partial charge in [0.1, 0.15) is 5.75 Å². The maximum Gasteiger partial charge on any atom is 0.243 e. The summed E-state index contributed by atoms with van der Waals surface area (Å²) in [5, 5.41) is 11.5. The van der Waals surface area contributed by atoms with Crippen LogP contribution in [0.1, 0.15) is 6.92 Å². The number of morpholine rings is 1. The van der Waals surface area contributed by atoms with Gasteiger partial charge in [-0.15, -0.1) is 10.2 Å². The molecule has 1 aliphatic rings. The molecule has 1 fully saturated rings. The van der Waals surface area contributed by atoms with E-state index in [1.807, 2.05) is 35.9 Å². The Kier molecular flexibility index (Phi) is 7.75. The van der Waals surface area contributed by atoms with Crippen LogP contribution >= 0.6 is 11.8 Å². The van der Waals surface area contributed by atoms with Crippen molar-refractivity contribution in [1.82, 2.24) is 19.1 Å². The molecule has 1 unspecified atom stereocenters. The molecule has 1 aliphatic heterocycles. The molecule has 10 nitrogen and oxygen atoms in total. The summed E-state index contributed by atoms with van der Waals surface area (Å²) in [6.45, 7) is 3.20. The lowest BCUT2D eigenvalue weighted by Crippen LogP contribution is -2.40. The van der Waals surface area contributed by atoms with Gasteiger partial charge in [-0.3, -0.25) is 4.79 Å². The molecule has 12 heteroatoms. The lowest BCUT2D eigenvalue weighted by atomic mass is 10.2. The summed E-state index contributed by atoms with van der Waals surface area (Å²) in [5.74, 6) is 1.08. The molecule has 0 spiro atoms. The molecule has 186 valence electrons. The summed E-state index contributed by atoms with van der Waals surface area (Å²) in [6, 6.07) is 13.7. The van der Waals surface area contributed by atoms with Crippen molar-refractivity contribution in [1.29, 1.82) is 0 Å². The van der Waals surface area contributed by atoms with Crippen molar-refractivity contribution in [2.75, 3.05) is 38.7 Å². The van der Waals surface area contributed by atoms with E-state index < -0.39 is 15.3 Å². The number of carbonyl (C=O) groups excluding carboxylic acids is 1. The van der Waals surface area contributed by atoms with Crippen molar-refractivity contribution in [2.24, 2.45) is 7.05 Å². The third-order valence-electron chi connectivity index (χ3n) is 5.56. The number of nitrogens with zero attached hydrogens (tertiary/aromatic N) is 4. The lowest BCUT2D eigenvalue weighted by Gasteiger charge is -2.26. The molecular weight excluding hydrogens is 490 g/mol. The zero-order valence-electron chi connectivity index (χ0n) is 19.7. The van der Waals surface area contributed by atoms with Crippen molar-refractivity contribution in [3.05, 3.63) is 48.5 Å². The van der Waals surface area contributed by atoms with Crippen molar-refractivity contribution >= 4 is 33.4 Å². The number of methoxy groups -OCH3 is 1. The number of thioether (sulfide) groups is 1. The zero-order valence-corrected chi connectivity index (χ0v) is 21.3. The van der Waals surface area contributed by atoms with E-state index in [0.29, 0.717) is 48.7 Å². The Hall–Kier alpha value is -2.93. The van der Waals surface area contributed by atoms with Crippen molar-refractivity contribution in [3.63, 3.8) is 0 Å². The number of amides is 1. The summed E-state index contributed by atoms with van der Waals surface area (Å²) in [7, 11) is -0.150. The first-order valence-corrected chi connectivity index (χ1v) is 13.3. The van der Waals surface area contributed by atoms with Crippen LogP contribution in [0.3, 0.4) is 0 Å². The van der Waals surface area contributed by atoms with Gasteiger partial charge in [0.05, 0.1) is 36.0 Å². The molecule has 2 heterocycles. The molecule has 0 bridgehead atoms. The quantitative estimate of drug-likeness (QED) is 0.454. The van der Waals surface area contributed by atoms with E-state index in [4.69, 9.17) is 9.47 Å². The average molecular weight is 518 g/mol. The highest BCUT2D eigenvalue weighted by atomic mass is 32.2. The SMILES string of the molecule is COc1ccccc1-c1nnc(SC(C)C(=O)Nc2ccc(S(=O)(=O)N3CCOCC3)cc2)n1C. The largest absolute Gasteiger partial charge is 0.496 e.